The minimum Gasteiger partial charge on any atom is -0.389 e. The van der Waals surface area contributed by atoms with Crippen LogP contribution < -0.4 is 0 Å². The maximum absolute atomic E-state index is 13.1. The van der Waals surface area contributed by atoms with Crippen LogP contribution in [-0.4, -0.2) is 10.7 Å². The maximum atomic E-state index is 13.1. The predicted octanol–water partition coefficient (Wildman–Crippen LogP) is 3.31. The molecule has 1 aliphatic carbocycles. The summed E-state index contributed by atoms with van der Waals surface area (Å²) in [6, 6.07) is 6.58. The molecular weight excluding hydrogens is 203 g/mol. The van der Waals surface area contributed by atoms with Gasteiger partial charge in [-0.05, 0) is 36.5 Å². The lowest BCUT2D eigenvalue weighted by molar-refractivity contribution is 0.00143. The topological polar surface area (TPSA) is 20.2 Å². The van der Waals surface area contributed by atoms with Crippen molar-refractivity contribution in [3.8, 4) is 0 Å². The van der Waals surface area contributed by atoms with Crippen molar-refractivity contribution in [2.75, 3.05) is 0 Å². The summed E-state index contributed by atoms with van der Waals surface area (Å²) in [5, 5.41) is 10.6. The van der Waals surface area contributed by atoms with Crippen molar-refractivity contribution in [1.29, 1.82) is 0 Å². The highest BCUT2D eigenvalue weighted by molar-refractivity contribution is 5.19. The minimum atomic E-state index is -0.609. The number of hydrogen-bond donors (Lipinski definition) is 1. The molecule has 0 spiro atoms. The van der Waals surface area contributed by atoms with Crippen molar-refractivity contribution in [2.45, 2.75) is 44.6 Å². The molecule has 1 aliphatic rings. The number of benzene rings is 1. The van der Waals surface area contributed by atoms with Crippen LogP contribution >= 0.6 is 0 Å². The fraction of sp³-hybridized carbons (Fsp3) is 0.571. The summed E-state index contributed by atoms with van der Waals surface area (Å²) < 4.78 is 13.1. The van der Waals surface area contributed by atoms with E-state index in [0.717, 1.165) is 31.2 Å². The van der Waals surface area contributed by atoms with E-state index in [0.29, 0.717) is 12.3 Å². The van der Waals surface area contributed by atoms with Crippen molar-refractivity contribution in [3.63, 3.8) is 0 Å². The number of hydrogen-bond acceptors (Lipinski definition) is 1. The summed E-state index contributed by atoms with van der Waals surface area (Å²) in [6.45, 7) is 2.12. The summed E-state index contributed by atoms with van der Waals surface area (Å²) in [4.78, 5) is 0. The first-order valence-electron chi connectivity index (χ1n) is 6.11. The smallest absolute Gasteiger partial charge is 0.123 e. The molecule has 0 saturated heterocycles. The largest absolute Gasteiger partial charge is 0.389 e. The van der Waals surface area contributed by atoms with Crippen LogP contribution in [0.3, 0.4) is 0 Å². The Hall–Kier alpha value is -0.890. The van der Waals surface area contributed by atoms with Crippen LogP contribution in [-0.2, 0) is 6.42 Å². The fourth-order valence-electron chi connectivity index (χ4n) is 2.94. The number of aliphatic hydroxyl groups is 1. The molecule has 1 N–H and O–H groups in total. The molecule has 0 heterocycles. The van der Waals surface area contributed by atoms with E-state index < -0.39 is 5.60 Å². The molecule has 0 amide bonds. The first-order chi connectivity index (χ1) is 7.64. The molecule has 0 aliphatic heterocycles. The quantitative estimate of drug-likeness (QED) is 0.832. The van der Waals surface area contributed by atoms with Crippen molar-refractivity contribution >= 4 is 0 Å². The van der Waals surface area contributed by atoms with E-state index in [1.165, 1.54) is 12.1 Å². The fourth-order valence-corrected chi connectivity index (χ4v) is 2.94. The summed E-state index contributed by atoms with van der Waals surface area (Å²) in [5.74, 6) is 0.155. The van der Waals surface area contributed by atoms with Crippen LogP contribution in [0.25, 0.3) is 0 Å². The Labute approximate surface area is 96.3 Å². The first kappa shape index (κ1) is 11.6. The van der Waals surface area contributed by atoms with Gasteiger partial charge in [0.1, 0.15) is 5.82 Å². The highest BCUT2D eigenvalue weighted by atomic mass is 19.1. The van der Waals surface area contributed by atoms with Gasteiger partial charge in [0, 0.05) is 6.42 Å². The first-order valence-corrected chi connectivity index (χ1v) is 6.11. The predicted molar refractivity (Wildman–Crippen MR) is 62.7 cm³/mol. The Morgan fingerprint density at radius 1 is 1.50 bits per heavy atom. The second-order valence-corrected chi connectivity index (χ2v) is 4.91. The highest BCUT2D eigenvalue weighted by Gasteiger charge is 2.39. The Morgan fingerprint density at radius 3 is 3.00 bits per heavy atom. The third-order valence-electron chi connectivity index (χ3n) is 3.81. The summed E-state index contributed by atoms with van der Waals surface area (Å²) in [7, 11) is 0. The van der Waals surface area contributed by atoms with Gasteiger partial charge in [-0.1, -0.05) is 31.9 Å². The van der Waals surface area contributed by atoms with Crippen LogP contribution in [0, 0.1) is 11.7 Å². The Kier molecular flexibility index (Phi) is 3.29. The molecule has 1 saturated carbocycles. The highest BCUT2D eigenvalue weighted by Crippen LogP contribution is 2.39. The van der Waals surface area contributed by atoms with Gasteiger partial charge in [-0.2, -0.15) is 0 Å². The van der Waals surface area contributed by atoms with Gasteiger partial charge in [-0.15, -0.1) is 0 Å². The zero-order valence-corrected chi connectivity index (χ0v) is 9.75. The molecule has 16 heavy (non-hydrogen) atoms. The van der Waals surface area contributed by atoms with Crippen LogP contribution in [0.4, 0.5) is 4.39 Å². The van der Waals surface area contributed by atoms with E-state index >= 15 is 0 Å². The van der Waals surface area contributed by atoms with Crippen molar-refractivity contribution in [2.24, 2.45) is 5.92 Å². The molecule has 2 atom stereocenters. The van der Waals surface area contributed by atoms with Gasteiger partial charge in [0.25, 0.3) is 0 Å². The molecular formula is C14H19FO. The van der Waals surface area contributed by atoms with Crippen LogP contribution in [0.1, 0.15) is 38.2 Å². The van der Waals surface area contributed by atoms with Gasteiger partial charge in [0.15, 0.2) is 0 Å². The standard InChI is InChI=1S/C14H19FO/c1-2-12-6-4-8-14(12,16)10-11-5-3-7-13(15)9-11/h3,5,7,9,12,16H,2,4,6,8,10H2,1H3. The van der Waals surface area contributed by atoms with Crippen LogP contribution in [0.2, 0.25) is 0 Å². The van der Waals surface area contributed by atoms with Gasteiger partial charge in [0.05, 0.1) is 5.60 Å². The van der Waals surface area contributed by atoms with Crippen LogP contribution in [0.5, 0.6) is 0 Å². The van der Waals surface area contributed by atoms with Gasteiger partial charge in [-0.3, -0.25) is 0 Å². The van der Waals surface area contributed by atoms with E-state index in [1.807, 2.05) is 6.07 Å². The van der Waals surface area contributed by atoms with E-state index in [2.05, 4.69) is 6.92 Å². The average Bonchev–Trinajstić information content (AvgIpc) is 2.59. The lowest BCUT2D eigenvalue weighted by Gasteiger charge is -2.29. The van der Waals surface area contributed by atoms with Gasteiger partial charge in [-0.25, -0.2) is 4.39 Å². The Morgan fingerprint density at radius 2 is 2.31 bits per heavy atom. The van der Waals surface area contributed by atoms with Crippen molar-refractivity contribution < 1.29 is 9.50 Å². The number of rotatable bonds is 3. The third-order valence-corrected chi connectivity index (χ3v) is 3.81. The van der Waals surface area contributed by atoms with Crippen LogP contribution in [0.15, 0.2) is 24.3 Å². The number of halogens is 1. The second kappa shape index (κ2) is 4.54. The monoisotopic (exact) mass is 222 g/mol. The Bertz CT molecular complexity index is 364. The van der Waals surface area contributed by atoms with E-state index in [-0.39, 0.29) is 5.82 Å². The summed E-state index contributed by atoms with van der Waals surface area (Å²) in [6.07, 6.45) is 4.63. The third kappa shape index (κ3) is 2.27. The average molecular weight is 222 g/mol. The molecule has 88 valence electrons. The van der Waals surface area contributed by atoms with E-state index in [1.54, 1.807) is 6.07 Å². The van der Waals surface area contributed by atoms with E-state index in [4.69, 9.17) is 0 Å². The molecule has 2 rings (SSSR count). The normalized spacial score (nSPS) is 29.6. The molecule has 2 unspecified atom stereocenters. The minimum absolute atomic E-state index is 0.216. The van der Waals surface area contributed by atoms with Crippen molar-refractivity contribution in [3.05, 3.63) is 35.6 Å². The van der Waals surface area contributed by atoms with Crippen molar-refractivity contribution in [1.82, 2.24) is 0 Å². The van der Waals surface area contributed by atoms with E-state index in [9.17, 15) is 9.50 Å². The van der Waals surface area contributed by atoms with Gasteiger partial charge >= 0.3 is 0 Å². The summed E-state index contributed by atoms with van der Waals surface area (Å²) in [5.41, 5.74) is 0.297. The van der Waals surface area contributed by atoms with Gasteiger partial charge < -0.3 is 5.11 Å². The molecule has 2 heteroatoms. The molecule has 1 nitrogen and oxygen atoms in total. The molecule has 1 aromatic rings. The van der Waals surface area contributed by atoms with Gasteiger partial charge in [0.2, 0.25) is 0 Å². The zero-order chi connectivity index (χ0) is 11.6. The zero-order valence-electron chi connectivity index (χ0n) is 9.75. The molecule has 0 aromatic heterocycles. The lowest BCUT2D eigenvalue weighted by atomic mass is 9.83. The Balaban J connectivity index is 2.14. The summed E-state index contributed by atoms with van der Waals surface area (Å²) >= 11 is 0. The molecule has 0 bridgehead atoms. The molecule has 0 radical (unpaired) electrons. The maximum Gasteiger partial charge on any atom is 0.123 e. The lowest BCUT2D eigenvalue weighted by Crippen LogP contribution is -2.35. The molecule has 1 fully saturated rings. The molecule has 1 aromatic carbocycles. The SMILES string of the molecule is CCC1CCCC1(O)Cc1cccc(F)c1. The second-order valence-electron chi connectivity index (χ2n) is 4.91.